The smallest absolute Gasteiger partial charge is 0.394 e. The predicted octanol–water partition coefficient (Wildman–Crippen LogP) is 11.5. The van der Waals surface area contributed by atoms with Crippen LogP contribution in [0.1, 0.15) is 83.9 Å². The van der Waals surface area contributed by atoms with Crippen LogP contribution in [0.15, 0.2) is 66.6 Å². The second kappa shape index (κ2) is 16.7. The predicted molar refractivity (Wildman–Crippen MR) is 180 cm³/mol. The van der Waals surface area contributed by atoms with Crippen LogP contribution in [0.2, 0.25) is 0 Å². The van der Waals surface area contributed by atoms with Crippen molar-refractivity contribution in [3.8, 4) is 11.3 Å². The van der Waals surface area contributed by atoms with Crippen LogP contribution in [0.25, 0.3) is 32.8 Å². The standard InChI is InChI=1S/C26H23F3N.C13H24O2.Ir/c1-16-11-17(2)13-20(12-16)24-23-8-6-19-14-18(15-25(3,4)26(27,28)29)5-7-21(19)22(23)9-10-30-24;1-5-10(6-2)12(14)9-13(15)11(7-3)8-4;/h5-12,14H,15H2,1-4H3;9-11,14H,5-8H2,1-4H3;/q-1;;. The van der Waals surface area contributed by atoms with Crippen LogP contribution >= 0.6 is 0 Å². The SMILES string of the molecule is CCC(CC)C(=O)C=C(O)C(CC)CC.Cc1[c-]c(-c2nccc3c2ccc2cc(CC(C)(C)C(F)(F)F)ccc23)cc(C)c1.[Ir]. The van der Waals surface area contributed by atoms with E-state index in [2.05, 4.69) is 30.1 Å². The molecule has 4 aromatic rings. The number of hydrogen-bond donors (Lipinski definition) is 1. The van der Waals surface area contributed by atoms with Crippen LogP contribution in [-0.2, 0) is 31.3 Å². The van der Waals surface area contributed by atoms with E-state index in [0.29, 0.717) is 5.56 Å². The monoisotopic (exact) mass is 811 g/mol. The van der Waals surface area contributed by atoms with Crippen molar-refractivity contribution < 1.29 is 43.2 Å². The molecule has 3 aromatic carbocycles. The molecule has 0 saturated carbocycles. The number of benzene rings is 3. The maximum atomic E-state index is 13.3. The first-order valence-corrected chi connectivity index (χ1v) is 16.0. The van der Waals surface area contributed by atoms with Crippen LogP contribution in [0, 0.1) is 37.2 Å². The number of fused-ring (bicyclic) bond motifs is 3. The summed E-state index contributed by atoms with van der Waals surface area (Å²) < 4.78 is 39.9. The van der Waals surface area contributed by atoms with Gasteiger partial charge in [0, 0.05) is 44.2 Å². The average molecular weight is 811 g/mol. The first kappa shape index (κ1) is 39.2. The summed E-state index contributed by atoms with van der Waals surface area (Å²) in [5.41, 5.74) is 2.93. The third-order valence-corrected chi connectivity index (χ3v) is 8.72. The molecule has 0 spiro atoms. The molecule has 0 aliphatic heterocycles. The molecule has 7 heteroatoms. The third-order valence-electron chi connectivity index (χ3n) is 8.72. The van der Waals surface area contributed by atoms with Crippen LogP contribution in [0.5, 0.6) is 0 Å². The Labute approximate surface area is 286 Å². The molecule has 1 heterocycles. The van der Waals surface area contributed by atoms with Gasteiger partial charge in [-0.25, -0.2) is 0 Å². The fraction of sp³-hybridized carbons (Fsp3) is 0.436. The zero-order chi connectivity index (χ0) is 33.5. The van der Waals surface area contributed by atoms with Gasteiger partial charge in [0.2, 0.25) is 0 Å². The molecule has 0 aliphatic rings. The molecule has 0 saturated heterocycles. The van der Waals surface area contributed by atoms with E-state index in [-0.39, 0.29) is 49.9 Å². The molecule has 3 nitrogen and oxygen atoms in total. The largest absolute Gasteiger partial charge is 0.512 e. The fourth-order valence-corrected chi connectivity index (χ4v) is 5.78. The molecule has 1 N–H and O–H groups in total. The number of carbonyl (C=O) groups is 1. The number of aliphatic hydroxyl groups excluding tert-OH is 1. The maximum absolute atomic E-state index is 13.3. The third kappa shape index (κ3) is 9.51. The van der Waals surface area contributed by atoms with Crippen LogP contribution in [0.3, 0.4) is 0 Å². The Bertz CT molecular complexity index is 1630. The van der Waals surface area contributed by atoms with Crippen molar-refractivity contribution in [2.75, 3.05) is 0 Å². The van der Waals surface area contributed by atoms with Crippen molar-refractivity contribution in [2.24, 2.45) is 17.3 Å². The minimum absolute atomic E-state index is 0. The number of halogens is 3. The number of aryl methyl sites for hydroxylation is 2. The molecule has 1 aromatic heterocycles. The summed E-state index contributed by atoms with van der Waals surface area (Å²) in [6, 6.07) is 19.1. The van der Waals surface area contributed by atoms with Gasteiger partial charge >= 0.3 is 6.18 Å². The number of nitrogens with zero attached hydrogens (tertiary/aromatic N) is 1. The van der Waals surface area contributed by atoms with Gasteiger partial charge in [0.1, 0.15) is 0 Å². The summed E-state index contributed by atoms with van der Waals surface area (Å²) in [6.45, 7) is 14.6. The average Bonchev–Trinajstić information content (AvgIpc) is 2.97. The van der Waals surface area contributed by atoms with Gasteiger partial charge < -0.3 is 10.1 Å². The minimum atomic E-state index is -4.24. The first-order valence-electron chi connectivity index (χ1n) is 16.0. The molecule has 1 radical (unpaired) electrons. The Balaban J connectivity index is 0.000000394. The zero-order valence-electron chi connectivity index (χ0n) is 28.2. The van der Waals surface area contributed by atoms with E-state index in [4.69, 9.17) is 0 Å². The fourth-order valence-electron chi connectivity index (χ4n) is 5.78. The number of aromatic nitrogens is 1. The van der Waals surface area contributed by atoms with Crippen molar-refractivity contribution in [3.05, 3.63) is 89.3 Å². The van der Waals surface area contributed by atoms with Gasteiger partial charge in [0.25, 0.3) is 0 Å². The van der Waals surface area contributed by atoms with Crippen LogP contribution in [0.4, 0.5) is 13.2 Å². The van der Waals surface area contributed by atoms with Crippen LogP contribution in [-0.4, -0.2) is 22.1 Å². The van der Waals surface area contributed by atoms with Crippen molar-refractivity contribution in [3.63, 3.8) is 0 Å². The molecule has 46 heavy (non-hydrogen) atoms. The second-order valence-electron chi connectivity index (χ2n) is 12.7. The number of hydrogen-bond acceptors (Lipinski definition) is 3. The number of ketones is 1. The van der Waals surface area contributed by atoms with E-state index in [0.717, 1.165) is 69.6 Å². The van der Waals surface area contributed by atoms with Gasteiger partial charge in [-0.1, -0.05) is 85.7 Å². The van der Waals surface area contributed by atoms with E-state index in [9.17, 15) is 23.1 Å². The van der Waals surface area contributed by atoms with Gasteiger partial charge in [0.05, 0.1) is 11.2 Å². The summed E-state index contributed by atoms with van der Waals surface area (Å²) in [7, 11) is 0. The molecule has 251 valence electrons. The number of rotatable bonds is 10. The number of carbonyl (C=O) groups excluding carboxylic acids is 1. The number of alkyl halides is 3. The Kier molecular flexibility index (Phi) is 14.2. The molecule has 0 atom stereocenters. The van der Waals surface area contributed by atoms with E-state index in [1.54, 1.807) is 12.3 Å². The van der Waals surface area contributed by atoms with Crippen molar-refractivity contribution in [1.29, 1.82) is 0 Å². The molecule has 0 aliphatic carbocycles. The van der Waals surface area contributed by atoms with E-state index < -0.39 is 11.6 Å². The summed E-state index contributed by atoms with van der Waals surface area (Å²) in [6.07, 6.45) is 2.39. The van der Waals surface area contributed by atoms with Gasteiger partial charge in [-0.15, -0.1) is 34.9 Å². The van der Waals surface area contributed by atoms with Gasteiger partial charge in [-0.2, -0.15) is 13.2 Å². The molecule has 0 bridgehead atoms. The first-order chi connectivity index (χ1) is 21.1. The van der Waals surface area contributed by atoms with Crippen molar-refractivity contribution in [1.82, 2.24) is 4.98 Å². The zero-order valence-corrected chi connectivity index (χ0v) is 30.6. The normalized spacial score (nSPS) is 12.3. The summed E-state index contributed by atoms with van der Waals surface area (Å²) >= 11 is 0. The number of allylic oxidation sites excluding steroid dienone is 2. The summed E-state index contributed by atoms with van der Waals surface area (Å²) in [5.74, 6) is 0.547. The Hall–Kier alpha value is -3.02. The molecule has 4 rings (SSSR count). The topological polar surface area (TPSA) is 50.2 Å². The maximum Gasteiger partial charge on any atom is 0.394 e. The van der Waals surface area contributed by atoms with Gasteiger partial charge in [0.15, 0.2) is 5.78 Å². The van der Waals surface area contributed by atoms with Crippen LogP contribution < -0.4 is 0 Å². The molecular weight excluding hydrogens is 764 g/mol. The summed E-state index contributed by atoms with van der Waals surface area (Å²) in [4.78, 5) is 16.3. The van der Waals surface area contributed by atoms with Crippen molar-refractivity contribution >= 4 is 27.3 Å². The number of aliphatic hydroxyl groups is 1. The molecule has 0 amide bonds. The quantitative estimate of drug-likeness (QED) is 0.0751. The second-order valence-corrected chi connectivity index (χ2v) is 12.7. The van der Waals surface area contributed by atoms with Gasteiger partial charge in [-0.3, -0.25) is 4.79 Å². The number of pyridine rings is 1. The van der Waals surface area contributed by atoms with E-state index in [1.807, 2.05) is 65.0 Å². The van der Waals surface area contributed by atoms with E-state index >= 15 is 0 Å². The van der Waals surface area contributed by atoms with E-state index in [1.165, 1.54) is 19.9 Å². The molecule has 0 unspecified atom stereocenters. The Morgan fingerprint density at radius 3 is 2.04 bits per heavy atom. The molecular formula is C39H47F3IrNO2-. The molecule has 0 fully saturated rings. The Morgan fingerprint density at radius 1 is 0.870 bits per heavy atom. The van der Waals surface area contributed by atoms with Crippen molar-refractivity contribution in [2.45, 2.75) is 93.7 Å². The van der Waals surface area contributed by atoms with Gasteiger partial charge in [-0.05, 0) is 71.0 Å². The minimum Gasteiger partial charge on any atom is -0.512 e. The summed E-state index contributed by atoms with van der Waals surface area (Å²) in [5, 5.41) is 13.7. The Morgan fingerprint density at radius 2 is 1.48 bits per heavy atom.